The van der Waals surface area contributed by atoms with E-state index in [1.165, 1.54) is 8.66 Å². The molecule has 2 rings (SSSR count). The van der Waals surface area contributed by atoms with Crippen LogP contribution in [0.15, 0.2) is 38.6 Å². The summed E-state index contributed by atoms with van der Waals surface area (Å²) in [5, 5.41) is 4.40. The molecule has 0 saturated carbocycles. The zero-order valence-electron chi connectivity index (χ0n) is 11.1. The number of thiophene rings is 1. The lowest BCUT2D eigenvalue weighted by Crippen LogP contribution is -2.24. The molecular weight excluding hydrogens is 422 g/mol. The average molecular weight is 438 g/mol. The Bertz CT molecular complexity index is 571. The van der Waals surface area contributed by atoms with E-state index in [1.54, 1.807) is 11.3 Å². The van der Waals surface area contributed by atoms with Gasteiger partial charge in [0, 0.05) is 21.8 Å². The van der Waals surface area contributed by atoms with Crippen molar-refractivity contribution in [3.8, 4) is 0 Å². The highest BCUT2D eigenvalue weighted by molar-refractivity contribution is 9.11. The minimum atomic E-state index is 0.241. The van der Waals surface area contributed by atoms with Crippen LogP contribution in [0.4, 0.5) is 0 Å². The van der Waals surface area contributed by atoms with Crippen LogP contribution in [0.5, 0.6) is 0 Å². The summed E-state index contributed by atoms with van der Waals surface area (Å²) in [5.41, 5.74) is 1.15. The van der Waals surface area contributed by atoms with E-state index in [4.69, 9.17) is 11.6 Å². The number of rotatable bonds is 6. The standard InChI is InChI=1S/C15H16Br2ClNS/c1-2-8-19-13(9-10-6-7-14(17)20-10)11-4-3-5-12(16)15(11)18/h3-7,13,19H,2,8-9H2,1H3. The van der Waals surface area contributed by atoms with Gasteiger partial charge in [-0.15, -0.1) is 11.3 Å². The molecule has 1 heterocycles. The largest absolute Gasteiger partial charge is 0.310 e. The van der Waals surface area contributed by atoms with Crippen molar-refractivity contribution in [2.45, 2.75) is 25.8 Å². The molecule has 1 aromatic carbocycles. The van der Waals surface area contributed by atoms with Crippen molar-refractivity contribution < 1.29 is 0 Å². The van der Waals surface area contributed by atoms with E-state index in [0.717, 1.165) is 34.4 Å². The van der Waals surface area contributed by atoms with Crippen LogP contribution in [0.25, 0.3) is 0 Å². The predicted octanol–water partition coefficient (Wildman–Crippen LogP) is 6.21. The van der Waals surface area contributed by atoms with E-state index < -0.39 is 0 Å². The van der Waals surface area contributed by atoms with E-state index in [9.17, 15) is 0 Å². The molecule has 1 nitrogen and oxygen atoms in total. The van der Waals surface area contributed by atoms with Gasteiger partial charge < -0.3 is 5.32 Å². The van der Waals surface area contributed by atoms with Gasteiger partial charge in [0.2, 0.25) is 0 Å². The Morgan fingerprint density at radius 3 is 2.70 bits per heavy atom. The summed E-state index contributed by atoms with van der Waals surface area (Å²) in [6.45, 7) is 3.16. The second-order valence-corrected chi connectivity index (χ2v) is 8.34. The molecule has 1 aromatic heterocycles. The fourth-order valence-corrected chi connectivity index (χ4v) is 4.23. The fraction of sp³-hybridized carbons (Fsp3) is 0.333. The van der Waals surface area contributed by atoms with Crippen molar-refractivity contribution in [2.24, 2.45) is 0 Å². The molecule has 5 heteroatoms. The zero-order chi connectivity index (χ0) is 14.5. The highest BCUT2D eigenvalue weighted by atomic mass is 79.9. The summed E-state index contributed by atoms with van der Waals surface area (Å²) in [6.07, 6.45) is 2.06. The molecule has 0 amide bonds. The van der Waals surface area contributed by atoms with Crippen LogP contribution in [0.2, 0.25) is 5.02 Å². The van der Waals surface area contributed by atoms with Crippen molar-refractivity contribution in [2.75, 3.05) is 6.54 Å². The third kappa shape index (κ3) is 4.31. The minimum Gasteiger partial charge on any atom is -0.310 e. The fourth-order valence-electron chi connectivity index (χ4n) is 2.06. The van der Waals surface area contributed by atoms with E-state index in [2.05, 4.69) is 62.3 Å². The maximum Gasteiger partial charge on any atom is 0.0701 e. The van der Waals surface area contributed by atoms with Crippen LogP contribution in [0.1, 0.15) is 29.8 Å². The van der Waals surface area contributed by atoms with Crippen molar-refractivity contribution in [1.82, 2.24) is 5.32 Å². The Hall–Kier alpha value is 0.130. The summed E-state index contributed by atoms with van der Waals surface area (Å²) >= 11 is 15.3. The molecule has 1 unspecified atom stereocenters. The average Bonchev–Trinajstić information content (AvgIpc) is 2.83. The summed E-state index contributed by atoms with van der Waals surface area (Å²) < 4.78 is 2.12. The SMILES string of the molecule is CCCNC(Cc1ccc(Br)s1)c1cccc(Br)c1Cl. The van der Waals surface area contributed by atoms with Crippen molar-refractivity contribution >= 4 is 54.8 Å². The van der Waals surface area contributed by atoms with Gasteiger partial charge >= 0.3 is 0 Å². The quantitative estimate of drug-likeness (QED) is 0.566. The molecule has 0 aliphatic carbocycles. The molecule has 1 N–H and O–H groups in total. The third-order valence-electron chi connectivity index (χ3n) is 3.03. The van der Waals surface area contributed by atoms with Crippen LogP contribution < -0.4 is 5.32 Å². The highest BCUT2D eigenvalue weighted by Gasteiger charge is 2.17. The number of nitrogens with one attached hydrogen (secondary N) is 1. The second-order valence-electron chi connectivity index (χ2n) is 4.56. The Labute approximate surface area is 146 Å². The number of halogens is 3. The van der Waals surface area contributed by atoms with E-state index in [-0.39, 0.29) is 6.04 Å². The first-order valence-electron chi connectivity index (χ1n) is 6.53. The molecule has 0 saturated heterocycles. The van der Waals surface area contributed by atoms with Crippen LogP contribution in [0, 0.1) is 0 Å². The summed E-state index contributed by atoms with van der Waals surface area (Å²) in [7, 11) is 0. The van der Waals surface area contributed by atoms with E-state index >= 15 is 0 Å². The molecule has 2 aromatic rings. The molecular formula is C15H16Br2ClNS. The molecule has 0 aliphatic heterocycles. The second kappa shape index (κ2) is 7.95. The minimum absolute atomic E-state index is 0.241. The van der Waals surface area contributed by atoms with Crippen LogP contribution in [0.3, 0.4) is 0 Å². The number of hydrogen-bond acceptors (Lipinski definition) is 2. The molecule has 0 bridgehead atoms. The molecule has 108 valence electrons. The molecule has 20 heavy (non-hydrogen) atoms. The van der Waals surface area contributed by atoms with Gasteiger partial charge in [0.25, 0.3) is 0 Å². The zero-order valence-corrected chi connectivity index (χ0v) is 15.9. The van der Waals surface area contributed by atoms with Gasteiger partial charge in [0.15, 0.2) is 0 Å². The Morgan fingerprint density at radius 1 is 1.25 bits per heavy atom. The van der Waals surface area contributed by atoms with Crippen molar-refractivity contribution in [3.05, 3.63) is 54.1 Å². The van der Waals surface area contributed by atoms with E-state index in [1.807, 2.05) is 12.1 Å². The van der Waals surface area contributed by atoms with Crippen molar-refractivity contribution in [1.29, 1.82) is 0 Å². The maximum absolute atomic E-state index is 6.45. The predicted molar refractivity (Wildman–Crippen MR) is 95.9 cm³/mol. The first-order chi connectivity index (χ1) is 9.61. The molecule has 0 spiro atoms. The lowest BCUT2D eigenvalue weighted by Gasteiger charge is -2.20. The highest BCUT2D eigenvalue weighted by Crippen LogP contribution is 2.33. The topological polar surface area (TPSA) is 12.0 Å². The Balaban J connectivity index is 2.24. The summed E-state index contributed by atoms with van der Waals surface area (Å²) in [6, 6.07) is 10.6. The number of hydrogen-bond donors (Lipinski definition) is 1. The normalized spacial score (nSPS) is 12.6. The van der Waals surface area contributed by atoms with Gasteiger partial charge in [-0.3, -0.25) is 0 Å². The number of benzene rings is 1. The van der Waals surface area contributed by atoms with Gasteiger partial charge in [-0.2, -0.15) is 0 Å². The van der Waals surface area contributed by atoms with E-state index in [0.29, 0.717) is 0 Å². The van der Waals surface area contributed by atoms with Gasteiger partial charge in [0.1, 0.15) is 0 Å². The van der Waals surface area contributed by atoms with Crippen LogP contribution in [-0.2, 0) is 6.42 Å². The first-order valence-corrected chi connectivity index (χ1v) is 9.31. The van der Waals surface area contributed by atoms with Gasteiger partial charge in [0.05, 0.1) is 8.81 Å². The Morgan fingerprint density at radius 2 is 2.05 bits per heavy atom. The summed E-state index contributed by atoms with van der Waals surface area (Å²) in [4.78, 5) is 1.35. The monoisotopic (exact) mass is 435 g/mol. The molecule has 0 aliphatic rings. The molecule has 1 atom stereocenters. The van der Waals surface area contributed by atoms with Gasteiger partial charge in [-0.25, -0.2) is 0 Å². The lowest BCUT2D eigenvalue weighted by atomic mass is 10.0. The van der Waals surface area contributed by atoms with Crippen LogP contribution >= 0.6 is 54.8 Å². The van der Waals surface area contributed by atoms with Gasteiger partial charge in [-0.1, -0.05) is 30.7 Å². The summed E-state index contributed by atoms with van der Waals surface area (Å²) in [5.74, 6) is 0. The third-order valence-corrected chi connectivity index (χ3v) is 5.99. The van der Waals surface area contributed by atoms with Crippen LogP contribution in [-0.4, -0.2) is 6.54 Å². The lowest BCUT2D eigenvalue weighted by molar-refractivity contribution is 0.532. The Kier molecular flexibility index (Phi) is 6.56. The van der Waals surface area contributed by atoms with Gasteiger partial charge in [-0.05, 0) is 68.6 Å². The van der Waals surface area contributed by atoms with Crippen molar-refractivity contribution in [3.63, 3.8) is 0 Å². The smallest absolute Gasteiger partial charge is 0.0701 e. The molecule has 0 radical (unpaired) electrons. The molecule has 0 fully saturated rings. The first kappa shape index (κ1) is 16.5. The maximum atomic E-state index is 6.45.